The average molecular weight is 408 g/mol. The Balaban J connectivity index is 1.47. The molecule has 0 aliphatic rings. The van der Waals surface area contributed by atoms with Crippen molar-refractivity contribution in [2.75, 3.05) is 23.8 Å². The highest BCUT2D eigenvalue weighted by molar-refractivity contribution is 5.78. The third-order valence-electron chi connectivity index (χ3n) is 4.20. The summed E-state index contributed by atoms with van der Waals surface area (Å²) in [6.07, 6.45) is 3.88. The van der Waals surface area contributed by atoms with E-state index in [0.29, 0.717) is 47.5 Å². The van der Waals surface area contributed by atoms with Crippen LogP contribution in [0.3, 0.4) is 0 Å². The van der Waals surface area contributed by atoms with E-state index in [1.807, 2.05) is 6.92 Å². The monoisotopic (exact) mass is 408 g/mol. The number of aromatic amines is 1. The molecule has 3 aromatic heterocycles. The highest BCUT2D eigenvalue weighted by Gasteiger charge is 2.08. The van der Waals surface area contributed by atoms with Crippen molar-refractivity contribution in [3.8, 4) is 5.88 Å². The Labute approximate surface area is 171 Å². The predicted octanol–water partition coefficient (Wildman–Crippen LogP) is 2.86. The van der Waals surface area contributed by atoms with Gasteiger partial charge in [0.1, 0.15) is 5.82 Å². The van der Waals surface area contributed by atoms with Crippen molar-refractivity contribution in [1.82, 2.24) is 19.9 Å². The maximum absolute atomic E-state index is 11.3. The molecule has 4 aromatic rings. The SMILES string of the molecule is Cc1cnc(Nc2ccc(OCCCO)nc2)nc1Nc1ccc2oc(=O)[nH]c2c1. The minimum absolute atomic E-state index is 0.0780. The fourth-order valence-electron chi connectivity index (χ4n) is 2.71. The number of hydrogen-bond acceptors (Lipinski definition) is 9. The van der Waals surface area contributed by atoms with Gasteiger partial charge in [-0.3, -0.25) is 4.98 Å². The van der Waals surface area contributed by atoms with Crippen LogP contribution in [0.5, 0.6) is 5.88 Å². The quantitative estimate of drug-likeness (QED) is 0.324. The normalized spacial score (nSPS) is 10.9. The van der Waals surface area contributed by atoms with Gasteiger partial charge in [0.15, 0.2) is 5.58 Å². The van der Waals surface area contributed by atoms with Crippen LogP contribution < -0.4 is 21.1 Å². The largest absolute Gasteiger partial charge is 0.478 e. The van der Waals surface area contributed by atoms with E-state index >= 15 is 0 Å². The van der Waals surface area contributed by atoms with Crippen LogP contribution in [0, 0.1) is 6.92 Å². The molecule has 0 saturated heterocycles. The Bertz CT molecular complexity index is 1200. The van der Waals surface area contributed by atoms with Crippen molar-refractivity contribution in [3.05, 3.63) is 58.8 Å². The molecule has 3 heterocycles. The molecule has 1 aromatic carbocycles. The molecule has 10 nitrogen and oxygen atoms in total. The summed E-state index contributed by atoms with van der Waals surface area (Å²) in [5.74, 6) is 1.00. The average Bonchev–Trinajstić information content (AvgIpc) is 3.11. The first-order chi connectivity index (χ1) is 14.6. The third-order valence-corrected chi connectivity index (χ3v) is 4.20. The van der Waals surface area contributed by atoms with Crippen molar-refractivity contribution < 1.29 is 14.3 Å². The van der Waals surface area contributed by atoms with E-state index < -0.39 is 5.76 Å². The lowest BCUT2D eigenvalue weighted by molar-refractivity contribution is 0.229. The minimum Gasteiger partial charge on any atom is -0.478 e. The number of ether oxygens (including phenoxy) is 1. The number of fused-ring (bicyclic) bond motifs is 1. The number of nitrogens with zero attached hydrogens (tertiary/aromatic N) is 3. The smallest absolute Gasteiger partial charge is 0.417 e. The van der Waals surface area contributed by atoms with E-state index in [2.05, 4.69) is 30.6 Å². The van der Waals surface area contributed by atoms with Crippen LogP contribution in [0.2, 0.25) is 0 Å². The number of aliphatic hydroxyl groups excluding tert-OH is 1. The van der Waals surface area contributed by atoms with Gasteiger partial charge in [-0.2, -0.15) is 4.98 Å². The number of H-pyrrole nitrogens is 1. The van der Waals surface area contributed by atoms with Crippen molar-refractivity contribution in [1.29, 1.82) is 0 Å². The number of aromatic nitrogens is 4. The summed E-state index contributed by atoms with van der Waals surface area (Å²) in [7, 11) is 0. The zero-order valence-electron chi connectivity index (χ0n) is 16.2. The van der Waals surface area contributed by atoms with E-state index in [0.717, 1.165) is 11.3 Å². The summed E-state index contributed by atoms with van der Waals surface area (Å²) < 4.78 is 10.4. The standard InChI is InChI=1S/C20H20N6O4/c1-12-10-22-19(24-14-4-6-17(21-11-14)29-8-2-7-27)26-18(12)23-13-3-5-16-15(9-13)25-20(28)30-16/h3-6,9-11,27H,2,7-8H2,1H3,(H,25,28)(H2,22,23,24,26). The van der Waals surface area contributed by atoms with Gasteiger partial charge in [0.25, 0.3) is 0 Å². The van der Waals surface area contributed by atoms with Crippen LogP contribution in [0.25, 0.3) is 11.1 Å². The number of rotatable bonds is 8. The molecule has 0 aliphatic heterocycles. The lowest BCUT2D eigenvalue weighted by atomic mass is 10.2. The van der Waals surface area contributed by atoms with Gasteiger partial charge in [-0.25, -0.2) is 14.8 Å². The van der Waals surface area contributed by atoms with Gasteiger partial charge >= 0.3 is 5.76 Å². The second-order valence-electron chi connectivity index (χ2n) is 6.51. The first-order valence-electron chi connectivity index (χ1n) is 9.31. The maximum Gasteiger partial charge on any atom is 0.417 e. The Morgan fingerprint density at radius 2 is 2.00 bits per heavy atom. The van der Waals surface area contributed by atoms with Crippen molar-refractivity contribution in [2.45, 2.75) is 13.3 Å². The second-order valence-corrected chi connectivity index (χ2v) is 6.51. The van der Waals surface area contributed by atoms with Crippen LogP contribution >= 0.6 is 0 Å². The van der Waals surface area contributed by atoms with Crippen LogP contribution in [0.4, 0.5) is 23.1 Å². The first-order valence-corrected chi connectivity index (χ1v) is 9.31. The molecule has 0 saturated carbocycles. The Hall–Kier alpha value is -3.92. The summed E-state index contributed by atoms with van der Waals surface area (Å²) in [6, 6.07) is 8.82. The van der Waals surface area contributed by atoms with E-state index in [-0.39, 0.29) is 6.61 Å². The maximum atomic E-state index is 11.3. The van der Waals surface area contributed by atoms with E-state index in [9.17, 15) is 4.79 Å². The summed E-state index contributed by atoms with van der Waals surface area (Å²) in [4.78, 5) is 27.0. The van der Waals surface area contributed by atoms with Crippen molar-refractivity contribution in [2.24, 2.45) is 0 Å². The van der Waals surface area contributed by atoms with Crippen LogP contribution in [0.1, 0.15) is 12.0 Å². The lowest BCUT2D eigenvalue weighted by Crippen LogP contribution is -2.04. The molecule has 0 aliphatic carbocycles. The van der Waals surface area contributed by atoms with Gasteiger partial charge in [-0.1, -0.05) is 0 Å². The summed E-state index contributed by atoms with van der Waals surface area (Å²) in [5, 5.41) is 15.1. The number of hydrogen-bond donors (Lipinski definition) is 4. The number of nitrogens with one attached hydrogen (secondary N) is 3. The molecular weight excluding hydrogens is 388 g/mol. The Morgan fingerprint density at radius 3 is 2.80 bits per heavy atom. The predicted molar refractivity (Wildman–Crippen MR) is 112 cm³/mol. The molecule has 0 fully saturated rings. The molecule has 0 spiro atoms. The van der Waals surface area contributed by atoms with Crippen LogP contribution in [0.15, 0.2) is 51.9 Å². The second kappa shape index (κ2) is 8.62. The van der Waals surface area contributed by atoms with Gasteiger partial charge in [-0.15, -0.1) is 0 Å². The number of aryl methyl sites for hydroxylation is 1. The molecule has 0 unspecified atom stereocenters. The molecular formula is C20H20N6O4. The Morgan fingerprint density at radius 1 is 1.13 bits per heavy atom. The molecule has 0 amide bonds. The number of anilines is 4. The topological polar surface area (TPSA) is 138 Å². The fraction of sp³-hybridized carbons (Fsp3) is 0.200. The van der Waals surface area contributed by atoms with Crippen molar-refractivity contribution >= 4 is 34.2 Å². The molecule has 0 atom stereocenters. The van der Waals surface area contributed by atoms with E-state index in [1.165, 1.54) is 0 Å². The summed E-state index contributed by atoms with van der Waals surface area (Å²) in [6.45, 7) is 2.38. The molecule has 0 bridgehead atoms. The van der Waals surface area contributed by atoms with Crippen LogP contribution in [-0.4, -0.2) is 38.3 Å². The number of benzene rings is 1. The first kappa shape index (κ1) is 19.4. The van der Waals surface area contributed by atoms with Gasteiger partial charge in [-0.05, 0) is 31.2 Å². The van der Waals surface area contributed by atoms with Gasteiger partial charge in [0.2, 0.25) is 11.8 Å². The number of pyridine rings is 1. The van der Waals surface area contributed by atoms with Crippen molar-refractivity contribution in [3.63, 3.8) is 0 Å². The summed E-state index contributed by atoms with van der Waals surface area (Å²) in [5.41, 5.74) is 3.40. The van der Waals surface area contributed by atoms with Crippen LogP contribution in [-0.2, 0) is 0 Å². The highest BCUT2D eigenvalue weighted by Crippen LogP contribution is 2.23. The molecule has 4 N–H and O–H groups in total. The van der Waals surface area contributed by atoms with Gasteiger partial charge < -0.3 is 24.9 Å². The number of aliphatic hydroxyl groups is 1. The highest BCUT2D eigenvalue weighted by atomic mass is 16.5. The van der Waals surface area contributed by atoms with Gasteiger partial charge in [0, 0.05) is 36.5 Å². The molecule has 10 heteroatoms. The molecule has 154 valence electrons. The summed E-state index contributed by atoms with van der Waals surface area (Å²) >= 11 is 0. The minimum atomic E-state index is -0.495. The zero-order valence-corrected chi connectivity index (χ0v) is 16.2. The zero-order chi connectivity index (χ0) is 20.9. The molecule has 0 radical (unpaired) electrons. The van der Waals surface area contributed by atoms with E-state index in [1.54, 1.807) is 42.7 Å². The lowest BCUT2D eigenvalue weighted by Gasteiger charge is -2.11. The number of oxazole rings is 1. The van der Waals surface area contributed by atoms with E-state index in [4.69, 9.17) is 14.3 Å². The molecule has 30 heavy (non-hydrogen) atoms. The third kappa shape index (κ3) is 4.55. The fourth-order valence-corrected chi connectivity index (χ4v) is 2.71. The Kier molecular flexibility index (Phi) is 5.57. The van der Waals surface area contributed by atoms with Gasteiger partial charge in [0.05, 0.1) is 24.0 Å². The molecule has 4 rings (SSSR count).